The normalized spacial score (nSPS) is 9.80. The topological polar surface area (TPSA) is 50.1 Å². The summed E-state index contributed by atoms with van der Waals surface area (Å²) in [5.41, 5.74) is 1.81. The summed E-state index contributed by atoms with van der Waals surface area (Å²) in [4.78, 5) is 10.7. The molecular weight excluding hydrogens is 190 g/mol. The highest BCUT2D eigenvalue weighted by Crippen LogP contribution is 2.30. The van der Waals surface area contributed by atoms with E-state index in [1.165, 1.54) is 13.2 Å². The second kappa shape index (κ2) is 4.61. The highest BCUT2D eigenvalue weighted by atomic mass is 16.5. The Labute approximate surface area is 89.3 Å². The van der Waals surface area contributed by atoms with Crippen LogP contribution in [0.2, 0.25) is 0 Å². The number of rotatable bonds is 3. The first kappa shape index (κ1) is 11.3. The average molecular weight is 203 g/mol. The van der Waals surface area contributed by atoms with E-state index in [1.807, 2.05) is 19.9 Å². The van der Waals surface area contributed by atoms with Gasteiger partial charge < -0.3 is 4.74 Å². The lowest BCUT2D eigenvalue weighted by Crippen LogP contribution is -1.99. The van der Waals surface area contributed by atoms with Crippen molar-refractivity contribution in [2.75, 3.05) is 7.11 Å². The monoisotopic (exact) mass is 203 g/mol. The average Bonchev–Trinajstić information content (AvgIpc) is 2.26. The lowest BCUT2D eigenvalue weighted by Gasteiger charge is -2.13. The van der Waals surface area contributed by atoms with Gasteiger partial charge in [0.15, 0.2) is 0 Å². The van der Waals surface area contributed by atoms with Crippen molar-refractivity contribution >= 4 is 6.29 Å². The summed E-state index contributed by atoms with van der Waals surface area (Å²) >= 11 is 0. The van der Waals surface area contributed by atoms with Crippen LogP contribution in [0.5, 0.6) is 5.75 Å². The van der Waals surface area contributed by atoms with Gasteiger partial charge in [0.1, 0.15) is 18.1 Å². The maximum absolute atomic E-state index is 10.7. The molecule has 0 radical (unpaired) electrons. The predicted molar refractivity (Wildman–Crippen MR) is 57.2 cm³/mol. The molecule has 0 bridgehead atoms. The number of carbonyl (C=O) groups is 1. The molecule has 3 heteroatoms. The third-order valence-corrected chi connectivity index (χ3v) is 2.22. The van der Waals surface area contributed by atoms with Gasteiger partial charge in [-0.05, 0) is 23.6 Å². The standard InChI is InChI=1S/C12H13NO2/c1-8(2)11-5-9(7-14)4-10(6-13)12(11)15-3/h4-5,7-8H,1-3H3. The van der Waals surface area contributed by atoms with E-state index in [0.717, 1.165) is 11.8 Å². The van der Waals surface area contributed by atoms with Gasteiger partial charge in [-0.1, -0.05) is 13.8 Å². The summed E-state index contributed by atoms with van der Waals surface area (Å²) < 4.78 is 5.19. The Kier molecular flexibility index (Phi) is 3.46. The van der Waals surface area contributed by atoms with Crippen molar-refractivity contribution in [3.05, 3.63) is 28.8 Å². The zero-order valence-corrected chi connectivity index (χ0v) is 9.07. The number of aldehydes is 1. The van der Waals surface area contributed by atoms with Crippen LogP contribution in [0.4, 0.5) is 0 Å². The van der Waals surface area contributed by atoms with Crippen LogP contribution in [0.15, 0.2) is 12.1 Å². The largest absolute Gasteiger partial charge is 0.495 e. The number of hydrogen-bond acceptors (Lipinski definition) is 3. The first-order chi connectivity index (χ1) is 7.13. The molecule has 1 aromatic rings. The minimum Gasteiger partial charge on any atom is -0.495 e. The Morgan fingerprint density at radius 3 is 2.53 bits per heavy atom. The Bertz CT molecular complexity index is 416. The van der Waals surface area contributed by atoms with Crippen molar-refractivity contribution in [2.45, 2.75) is 19.8 Å². The highest BCUT2D eigenvalue weighted by molar-refractivity contribution is 5.77. The summed E-state index contributed by atoms with van der Waals surface area (Å²) in [5, 5.41) is 8.93. The summed E-state index contributed by atoms with van der Waals surface area (Å²) in [6.07, 6.45) is 0.742. The molecule has 1 rings (SSSR count). The molecule has 0 atom stereocenters. The zero-order valence-electron chi connectivity index (χ0n) is 9.07. The fourth-order valence-electron chi connectivity index (χ4n) is 1.48. The molecular formula is C12H13NO2. The summed E-state index contributed by atoms with van der Waals surface area (Å²) in [6, 6.07) is 5.33. The number of hydrogen-bond donors (Lipinski definition) is 0. The third-order valence-electron chi connectivity index (χ3n) is 2.22. The number of carbonyl (C=O) groups excluding carboxylic acids is 1. The van der Waals surface area contributed by atoms with Gasteiger partial charge in [-0.25, -0.2) is 0 Å². The van der Waals surface area contributed by atoms with Gasteiger partial charge in [0.2, 0.25) is 0 Å². The molecule has 0 aliphatic heterocycles. The minimum atomic E-state index is 0.215. The summed E-state index contributed by atoms with van der Waals surface area (Å²) in [6.45, 7) is 3.99. The van der Waals surface area contributed by atoms with Crippen molar-refractivity contribution in [3.8, 4) is 11.8 Å². The molecule has 0 aliphatic carbocycles. The van der Waals surface area contributed by atoms with Gasteiger partial charge in [-0.2, -0.15) is 5.26 Å². The smallest absolute Gasteiger partial charge is 0.150 e. The molecule has 0 fully saturated rings. The predicted octanol–water partition coefficient (Wildman–Crippen LogP) is 2.50. The van der Waals surface area contributed by atoms with E-state index in [9.17, 15) is 4.79 Å². The fraction of sp³-hybridized carbons (Fsp3) is 0.333. The Hall–Kier alpha value is -1.82. The van der Waals surface area contributed by atoms with E-state index in [4.69, 9.17) is 10.00 Å². The van der Waals surface area contributed by atoms with E-state index < -0.39 is 0 Å². The zero-order chi connectivity index (χ0) is 11.4. The molecule has 0 amide bonds. The van der Waals surface area contributed by atoms with Crippen LogP contribution in [0, 0.1) is 11.3 Å². The fourth-order valence-corrected chi connectivity index (χ4v) is 1.48. The lowest BCUT2D eigenvalue weighted by atomic mass is 9.97. The van der Waals surface area contributed by atoms with Crippen molar-refractivity contribution in [1.82, 2.24) is 0 Å². The molecule has 0 heterocycles. The van der Waals surface area contributed by atoms with Crippen LogP contribution < -0.4 is 4.74 Å². The second-order valence-electron chi connectivity index (χ2n) is 3.58. The Morgan fingerprint density at radius 1 is 1.47 bits per heavy atom. The molecule has 0 N–H and O–H groups in total. The molecule has 78 valence electrons. The van der Waals surface area contributed by atoms with E-state index in [0.29, 0.717) is 16.9 Å². The Morgan fingerprint density at radius 2 is 2.13 bits per heavy atom. The maximum Gasteiger partial charge on any atom is 0.150 e. The number of ether oxygens (including phenoxy) is 1. The molecule has 3 nitrogen and oxygen atoms in total. The van der Waals surface area contributed by atoms with Crippen molar-refractivity contribution in [1.29, 1.82) is 5.26 Å². The number of nitrogens with zero attached hydrogens (tertiary/aromatic N) is 1. The number of methoxy groups -OCH3 is 1. The molecule has 0 unspecified atom stereocenters. The van der Waals surface area contributed by atoms with Gasteiger partial charge >= 0.3 is 0 Å². The van der Waals surface area contributed by atoms with Gasteiger partial charge in [0.25, 0.3) is 0 Å². The highest BCUT2D eigenvalue weighted by Gasteiger charge is 2.13. The van der Waals surface area contributed by atoms with Crippen molar-refractivity contribution in [3.63, 3.8) is 0 Å². The van der Waals surface area contributed by atoms with E-state index >= 15 is 0 Å². The summed E-state index contributed by atoms with van der Waals surface area (Å²) in [7, 11) is 1.53. The SMILES string of the molecule is COc1c(C#N)cc(C=O)cc1C(C)C. The second-order valence-corrected chi connectivity index (χ2v) is 3.58. The van der Waals surface area contributed by atoms with E-state index in [1.54, 1.807) is 6.07 Å². The van der Waals surface area contributed by atoms with E-state index in [2.05, 4.69) is 0 Å². The van der Waals surface area contributed by atoms with Crippen LogP contribution >= 0.6 is 0 Å². The lowest BCUT2D eigenvalue weighted by molar-refractivity contribution is 0.112. The van der Waals surface area contributed by atoms with Gasteiger partial charge in [0, 0.05) is 5.56 Å². The van der Waals surface area contributed by atoms with Gasteiger partial charge in [0.05, 0.1) is 12.7 Å². The summed E-state index contributed by atoms with van der Waals surface area (Å²) in [5.74, 6) is 0.782. The number of nitriles is 1. The van der Waals surface area contributed by atoms with Crippen LogP contribution in [0.25, 0.3) is 0 Å². The van der Waals surface area contributed by atoms with Gasteiger partial charge in [-0.3, -0.25) is 4.79 Å². The van der Waals surface area contributed by atoms with Crippen LogP contribution in [-0.2, 0) is 0 Å². The molecule has 0 saturated carbocycles. The first-order valence-corrected chi connectivity index (χ1v) is 4.71. The maximum atomic E-state index is 10.7. The van der Waals surface area contributed by atoms with Crippen molar-refractivity contribution < 1.29 is 9.53 Å². The van der Waals surface area contributed by atoms with Crippen LogP contribution in [-0.4, -0.2) is 13.4 Å². The minimum absolute atomic E-state index is 0.215. The quantitative estimate of drug-likeness (QED) is 0.709. The molecule has 0 saturated heterocycles. The third kappa shape index (κ3) is 2.16. The first-order valence-electron chi connectivity index (χ1n) is 4.71. The molecule has 0 aliphatic rings. The molecule has 1 aromatic carbocycles. The van der Waals surface area contributed by atoms with Crippen molar-refractivity contribution in [2.24, 2.45) is 0 Å². The molecule has 0 spiro atoms. The van der Waals surface area contributed by atoms with Crippen LogP contribution in [0.3, 0.4) is 0 Å². The molecule has 0 aromatic heterocycles. The van der Waals surface area contributed by atoms with Crippen LogP contribution in [0.1, 0.15) is 41.3 Å². The molecule has 15 heavy (non-hydrogen) atoms. The Balaban J connectivity index is 3.47. The number of benzene rings is 1. The van der Waals surface area contributed by atoms with Gasteiger partial charge in [-0.15, -0.1) is 0 Å². The van der Waals surface area contributed by atoms with E-state index in [-0.39, 0.29) is 5.92 Å².